The molecule has 0 aliphatic heterocycles. The Morgan fingerprint density at radius 3 is 2.41 bits per heavy atom. The van der Waals surface area contributed by atoms with Crippen LogP contribution in [0.5, 0.6) is 5.75 Å². The van der Waals surface area contributed by atoms with Gasteiger partial charge >= 0.3 is 0 Å². The van der Waals surface area contributed by atoms with E-state index in [0.717, 1.165) is 22.7 Å². The molecule has 1 N–H and O–H groups in total. The van der Waals surface area contributed by atoms with Crippen LogP contribution < -0.4 is 14.5 Å². The zero-order chi connectivity index (χ0) is 21.3. The number of sulfonamides is 1. The van der Waals surface area contributed by atoms with Gasteiger partial charge in [0.1, 0.15) is 12.3 Å². The predicted octanol–water partition coefficient (Wildman–Crippen LogP) is 2.98. The van der Waals surface area contributed by atoms with Crippen LogP contribution >= 0.6 is 0 Å². The third kappa shape index (κ3) is 7.23. The Kier molecular flexibility index (Phi) is 8.21. The van der Waals surface area contributed by atoms with Crippen LogP contribution in [0.3, 0.4) is 0 Å². The minimum absolute atomic E-state index is 0.316. The average Bonchev–Trinajstić information content (AvgIpc) is 2.70. The predicted molar refractivity (Wildman–Crippen MR) is 116 cm³/mol. The summed E-state index contributed by atoms with van der Waals surface area (Å²) in [6.45, 7) is 3.62. The van der Waals surface area contributed by atoms with Gasteiger partial charge in [0.2, 0.25) is 10.0 Å². The molecule has 0 aromatic heterocycles. The van der Waals surface area contributed by atoms with Crippen LogP contribution in [-0.4, -0.2) is 39.4 Å². The highest BCUT2D eigenvalue weighted by molar-refractivity contribution is 7.92. The number of nitrogens with zero attached hydrogens (tertiary/aromatic N) is 2. The molecule has 2 aromatic carbocycles. The van der Waals surface area contributed by atoms with Crippen molar-refractivity contribution in [2.45, 2.75) is 26.7 Å². The van der Waals surface area contributed by atoms with E-state index in [1.807, 2.05) is 37.3 Å². The number of anilines is 1. The van der Waals surface area contributed by atoms with Gasteiger partial charge in [-0.15, -0.1) is 0 Å². The lowest BCUT2D eigenvalue weighted by atomic mass is 10.1. The summed E-state index contributed by atoms with van der Waals surface area (Å²) >= 11 is 0. The van der Waals surface area contributed by atoms with Crippen molar-refractivity contribution in [3.8, 4) is 5.75 Å². The van der Waals surface area contributed by atoms with Crippen molar-refractivity contribution in [2.24, 2.45) is 5.10 Å². The van der Waals surface area contributed by atoms with Gasteiger partial charge in [0.05, 0.1) is 18.6 Å². The fourth-order valence-corrected chi connectivity index (χ4v) is 3.53. The molecule has 0 heterocycles. The summed E-state index contributed by atoms with van der Waals surface area (Å²) < 4.78 is 31.1. The third-order valence-electron chi connectivity index (χ3n) is 4.11. The molecule has 0 atom stereocenters. The second kappa shape index (κ2) is 10.6. The van der Waals surface area contributed by atoms with Crippen molar-refractivity contribution < 1.29 is 17.9 Å². The van der Waals surface area contributed by atoms with Gasteiger partial charge in [-0.05, 0) is 44.4 Å². The Hall–Kier alpha value is -2.87. The van der Waals surface area contributed by atoms with E-state index in [0.29, 0.717) is 24.5 Å². The molecule has 0 fully saturated rings. The van der Waals surface area contributed by atoms with Gasteiger partial charge in [0.25, 0.3) is 5.91 Å². The molecule has 8 heteroatoms. The van der Waals surface area contributed by atoms with Crippen molar-refractivity contribution in [3.05, 3.63) is 60.2 Å². The highest BCUT2D eigenvalue weighted by Crippen LogP contribution is 2.29. The van der Waals surface area contributed by atoms with Crippen LogP contribution in [0.1, 0.15) is 25.8 Å². The van der Waals surface area contributed by atoms with Crippen LogP contribution in [0.2, 0.25) is 0 Å². The molecule has 156 valence electrons. The van der Waals surface area contributed by atoms with Crippen molar-refractivity contribution in [2.75, 3.05) is 23.7 Å². The van der Waals surface area contributed by atoms with E-state index >= 15 is 0 Å². The molecule has 7 nitrogen and oxygen atoms in total. The van der Waals surface area contributed by atoms with E-state index in [2.05, 4.69) is 10.5 Å². The smallest absolute Gasteiger partial charge is 0.260 e. The minimum Gasteiger partial charge on any atom is -0.492 e. The molecule has 1 amide bonds. The number of ether oxygens (including phenoxy) is 1. The van der Waals surface area contributed by atoms with Crippen LogP contribution in [0.25, 0.3) is 0 Å². The number of rotatable bonds is 10. The van der Waals surface area contributed by atoms with Gasteiger partial charge in [-0.2, -0.15) is 5.10 Å². The first-order valence-corrected chi connectivity index (χ1v) is 11.2. The quantitative estimate of drug-likeness (QED) is 0.475. The van der Waals surface area contributed by atoms with E-state index in [4.69, 9.17) is 4.74 Å². The first-order valence-electron chi connectivity index (χ1n) is 9.36. The second-order valence-electron chi connectivity index (χ2n) is 6.54. The molecule has 2 aromatic rings. The highest BCUT2D eigenvalue weighted by Gasteiger charge is 2.23. The molecule has 0 aliphatic rings. The molecule has 0 saturated carbocycles. The molecular formula is C21H27N3O4S. The number of para-hydroxylation sites is 2. The molecule has 0 aliphatic carbocycles. The normalized spacial score (nSPS) is 11.8. The van der Waals surface area contributed by atoms with Crippen molar-refractivity contribution in [1.29, 1.82) is 0 Å². The molecule has 2 rings (SSSR count). The van der Waals surface area contributed by atoms with E-state index < -0.39 is 22.5 Å². The topological polar surface area (TPSA) is 88.1 Å². The van der Waals surface area contributed by atoms with Gasteiger partial charge < -0.3 is 4.74 Å². The SMILES string of the molecule is CCOc1ccccc1N(CC(=O)N/N=C(/C)CCc1ccccc1)S(C)(=O)=O. The summed E-state index contributed by atoms with van der Waals surface area (Å²) in [6, 6.07) is 16.7. The lowest BCUT2D eigenvalue weighted by Crippen LogP contribution is -2.39. The Balaban J connectivity index is 2.03. The molecule has 0 saturated heterocycles. The first kappa shape index (κ1) is 22.4. The number of hydrogen-bond donors (Lipinski definition) is 1. The van der Waals surface area contributed by atoms with Gasteiger partial charge in [-0.25, -0.2) is 13.8 Å². The summed E-state index contributed by atoms with van der Waals surface area (Å²) in [7, 11) is -3.69. The minimum atomic E-state index is -3.69. The van der Waals surface area contributed by atoms with E-state index in [9.17, 15) is 13.2 Å². The maximum absolute atomic E-state index is 12.4. The number of aryl methyl sites for hydroxylation is 1. The van der Waals surface area contributed by atoms with E-state index in [1.54, 1.807) is 31.2 Å². The Morgan fingerprint density at radius 1 is 1.10 bits per heavy atom. The second-order valence-corrected chi connectivity index (χ2v) is 8.44. The number of hydrogen-bond acceptors (Lipinski definition) is 5. The van der Waals surface area contributed by atoms with E-state index in [-0.39, 0.29) is 0 Å². The fourth-order valence-electron chi connectivity index (χ4n) is 2.67. The maximum atomic E-state index is 12.4. The van der Waals surface area contributed by atoms with Crippen molar-refractivity contribution >= 4 is 27.3 Å². The molecular weight excluding hydrogens is 390 g/mol. The number of benzene rings is 2. The fraction of sp³-hybridized carbons (Fsp3) is 0.333. The Morgan fingerprint density at radius 2 is 1.76 bits per heavy atom. The summed E-state index contributed by atoms with van der Waals surface area (Å²) in [5.41, 5.74) is 4.70. The lowest BCUT2D eigenvalue weighted by molar-refractivity contribution is -0.119. The Bertz CT molecular complexity index is 943. The molecule has 0 unspecified atom stereocenters. The highest BCUT2D eigenvalue weighted by atomic mass is 32.2. The van der Waals surface area contributed by atoms with Crippen LogP contribution in [0, 0.1) is 0 Å². The zero-order valence-corrected chi connectivity index (χ0v) is 17.8. The zero-order valence-electron chi connectivity index (χ0n) is 17.0. The van der Waals surface area contributed by atoms with Gasteiger partial charge in [0, 0.05) is 5.71 Å². The molecule has 0 bridgehead atoms. The van der Waals surface area contributed by atoms with Gasteiger partial charge in [-0.3, -0.25) is 9.10 Å². The average molecular weight is 418 g/mol. The number of carbonyl (C=O) groups excluding carboxylic acids is 1. The van der Waals surface area contributed by atoms with Crippen LogP contribution in [0.15, 0.2) is 59.7 Å². The van der Waals surface area contributed by atoms with Crippen LogP contribution in [-0.2, 0) is 21.2 Å². The molecule has 0 radical (unpaired) electrons. The summed E-state index contributed by atoms with van der Waals surface area (Å²) in [5.74, 6) is -0.128. The largest absolute Gasteiger partial charge is 0.492 e. The summed E-state index contributed by atoms with van der Waals surface area (Å²) in [5, 5.41) is 4.09. The van der Waals surface area contributed by atoms with E-state index in [1.165, 1.54) is 5.56 Å². The van der Waals surface area contributed by atoms with Gasteiger partial charge in [0.15, 0.2) is 0 Å². The molecule has 0 spiro atoms. The number of nitrogens with one attached hydrogen (secondary N) is 1. The van der Waals surface area contributed by atoms with Crippen LogP contribution in [0.4, 0.5) is 5.69 Å². The van der Waals surface area contributed by atoms with Crippen molar-refractivity contribution in [1.82, 2.24) is 5.43 Å². The lowest BCUT2D eigenvalue weighted by Gasteiger charge is -2.23. The van der Waals surface area contributed by atoms with Crippen molar-refractivity contribution in [3.63, 3.8) is 0 Å². The molecule has 29 heavy (non-hydrogen) atoms. The monoisotopic (exact) mass is 417 g/mol. The third-order valence-corrected chi connectivity index (χ3v) is 5.24. The number of hydrazone groups is 1. The summed E-state index contributed by atoms with van der Waals surface area (Å²) in [6.07, 6.45) is 2.55. The Labute approximate surface area is 172 Å². The maximum Gasteiger partial charge on any atom is 0.260 e. The number of carbonyl (C=O) groups is 1. The summed E-state index contributed by atoms with van der Waals surface area (Å²) in [4.78, 5) is 12.4. The standard InChI is InChI=1S/C21H27N3O4S/c1-4-28-20-13-9-8-12-19(20)24(29(3,26)27)16-21(25)23-22-17(2)14-15-18-10-6-5-7-11-18/h5-13H,4,14-16H2,1-3H3,(H,23,25)/b22-17-. The van der Waals surface area contributed by atoms with Gasteiger partial charge in [-0.1, -0.05) is 42.5 Å². The number of amides is 1. The first-order chi connectivity index (χ1) is 13.8.